The van der Waals surface area contributed by atoms with Gasteiger partial charge in [-0.25, -0.2) is 0 Å². The minimum Gasteiger partial charge on any atom is -0.356 e. The maximum Gasteiger partial charge on any atom is 0.471 e. The summed E-state index contributed by atoms with van der Waals surface area (Å²) in [5, 5.41) is 16.3. The van der Waals surface area contributed by atoms with Crippen molar-refractivity contribution in [3.8, 4) is 6.07 Å². The van der Waals surface area contributed by atoms with Gasteiger partial charge in [0.2, 0.25) is 17.7 Å². The van der Waals surface area contributed by atoms with Crippen LogP contribution in [0.2, 0.25) is 0 Å². The van der Waals surface area contributed by atoms with Gasteiger partial charge in [-0.3, -0.25) is 19.2 Å². The Hall–Kier alpha value is -2.84. The first kappa shape index (κ1) is 25.4. The van der Waals surface area contributed by atoms with Gasteiger partial charge in [-0.2, -0.15) is 18.4 Å². The lowest BCUT2D eigenvalue weighted by Gasteiger charge is -2.35. The molecule has 4 amide bonds. The molecule has 2 saturated heterocycles. The Morgan fingerprint density at radius 2 is 1.88 bits per heavy atom. The van der Waals surface area contributed by atoms with E-state index in [2.05, 4.69) is 10.6 Å². The van der Waals surface area contributed by atoms with Crippen LogP contribution in [0.15, 0.2) is 0 Å². The van der Waals surface area contributed by atoms with Gasteiger partial charge in [0.15, 0.2) is 0 Å². The molecule has 2 aliphatic heterocycles. The smallest absolute Gasteiger partial charge is 0.356 e. The van der Waals surface area contributed by atoms with Gasteiger partial charge in [-0.05, 0) is 31.1 Å². The largest absolute Gasteiger partial charge is 0.471 e. The third-order valence-corrected chi connectivity index (χ3v) is 5.64. The summed E-state index contributed by atoms with van der Waals surface area (Å²) in [7, 11) is 0. The Kier molecular flexibility index (Phi) is 7.74. The van der Waals surface area contributed by atoms with E-state index in [4.69, 9.17) is 0 Å². The summed E-state index contributed by atoms with van der Waals surface area (Å²) >= 11 is 0. The quantitative estimate of drug-likeness (QED) is 0.536. The predicted octanol–water partition coefficient (Wildman–Crippen LogP) is 0.605. The normalized spacial score (nSPS) is 23.2. The van der Waals surface area contributed by atoms with E-state index in [0.29, 0.717) is 19.4 Å². The lowest BCUT2D eigenvalue weighted by molar-refractivity contribution is -0.176. The average molecular weight is 459 g/mol. The number of alkyl halides is 3. The van der Waals surface area contributed by atoms with Crippen LogP contribution in [0.3, 0.4) is 0 Å². The molecular formula is C20H28F3N5O4. The summed E-state index contributed by atoms with van der Waals surface area (Å²) in [5.41, 5.74) is -1.05. The molecule has 2 heterocycles. The zero-order valence-corrected chi connectivity index (χ0v) is 18.2. The van der Waals surface area contributed by atoms with Crippen molar-refractivity contribution in [1.82, 2.24) is 20.9 Å². The molecule has 9 nitrogen and oxygen atoms in total. The summed E-state index contributed by atoms with van der Waals surface area (Å²) in [6.07, 6.45) is -3.77. The monoisotopic (exact) mass is 459 g/mol. The van der Waals surface area contributed by atoms with Crippen molar-refractivity contribution < 1.29 is 32.3 Å². The lowest BCUT2D eigenvalue weighted by Crippen LogP contribution is -2.59. The van der Waals surface area contributed by atoms with Gasteiger partial charge >= 0.3 is 12.1 Å². The van der Waals surface area contributed by atoms with E-state index >= 15 is 0 Å². The summed E-state index contributed by atoms with van der Waals surface area (Å²) in [4.78, 5) is 50.3. The second kappa shape index (κ2) is 9.75. The predicted molar refractivity (Wildman–Crippen MR) is 105 cm³/mol. The molecule has 0 saturated carbocycles. The molecule has 4 atom stereocenters. The van der Waals surface area contributed by atoms with Crippen LogP contribution in [-0.2, 0) is 19.2 Å². The third kappa shape index (κ3) is 6.11. The van der Waals surface area contributed by atoms with Crippen LogP contribution in [0.1, 0.15) is 46.5 Å². The Balaban J connectivity index is 2.11. The fourth-order valence-corrected chi connectivity index (χ4v) is 3.90. The maximum absolute atomic E-state index is 13.1. The fraction of sp³-hybridized carbons (Fsp3) is 0.750. The van der Waals surface area contributed by atoms with Crippen LogP contribution in [0.4, 0.5) is 13.2 Å². The van der Waals surface area contributed by atoms with Crippen molar-refractivity contribution in [3.63, 3.8) is 0 Å². The van der Waals surface area contributed by atoms with E-state index in [0.717, 1.165) is 4.90 Å². The molecule has 0 unspecified atom stereocenters. The number of amides is 4. The zero-order valence-electron chi connectivity index (χ0n) is 18.2. The number of nitrogens with one attached hydrogen (secondary N) is 3. The minimum atomic E-state index is -5.15. The number of hydrogen-bond donors (Lipinski definition) is 3. The van der Waals surface area contributed by atoms with Crippen molar-refractivity contribution in [3.05, 3.63) is 0 Å². The molecule has 0 aromatic rings. The van der Waals surface area contributed by atoms with Crippen LogP contribution in [-0.4, -0.2) is 65.9 Å². The van der Waals surface area contributed by atoms with Crippen LogP contribution in [0.25, 0.3) is 0 Å². The van der Waals surface area contributed by atoms with E-state index in [1.165, 1.54) is 20.8 Å². The van der Waals surface area contributed by atoms with Gasteiger partial charge in [-0.15, -0.1) is 0 Å². The first-order chi connectivity index (χ1) is 14.8. The minimum absolute atomic E-state index is 0.126. The van der Waals surface area contributed by atoms with Crippen molar-refractivity contribution in [2.75, 3.05) is 13.1 Å². The number of nitriles is 1. The van der Waals surface area contributed by atoms with Gasteiger partial charge in [0.25, 0.3) is 0 Å². The molecule has 2 rings (SSSR count). The highest BCUT2D eigenvalue weighted by atomic mass is 19.4. The maximum atomic E-state index is 13.1. The lowest BCUT2D eigenvalue weighted by atomic mass is 9.85. The molecule has 0 aromatic carbocycles. The van der Waals surface area contributed by atoms with Gasteiger partial charge < -0.3 is 20.9 Å². The van der Waals surface area contributed by atoms with Gasteiger partial charge in [0, 0.05) is 19.0 Å². The zero-order chi connectivity index (χ0) is 24.3. The molecule has 0 bridgehead atoms. The summed E-state index contributed by atoms with van der Waals surface area (Å²) in [5.74, 6) is -4.23. The molecule has 3 N–H and O–H groups in total. The molecule has 0 spiro atoms. The van der Waals surface area contributed by atoms with Crippen molar-refractivity contribution in [1.29, 1.82) is 5.26 Å². The van der Waals surface area contributed by atoms with Crippen molar-refractivity contribution in [2.45, 2.75) is 70.8 Å². The molecule has 178 valence electrons. The van der Waals surface area contributed by atoms with E-state index in [1.54, 1.807) is 5.32 Å². The van der Waals surface area contributed by atoms with Gasteiger partial charge in [0.05, 0.1) is 6.07 Å². The molecule has 0 aliphatic carbocycles. The fourth-order valence-electron chi connectivity index (χ4n) is 3.90. The van der Waals surface area contributed by atoms with Crippen molar-refractivity contribution in [2.24, 2.45) is 11.3 Å². The Bertz CT molecular complexity index is 803. The SMILES string of the molecule is CC(C)(C)[C@H](NC(=O)C(F)(F)F)C(=O)N1CCC[C@H]1C(=O)N[C@H](C#N)C[C@@H]1CCNC1=O. The molecule has 0 aromatic heterocycles. The highest BCUT2D eigenvalue weighted by Gasteiger charge is 2.46. The van der Waals surface area contributed by atoms with Crippen LogP contribution in [0.5, 0.6) is 0 Å². The Labute approximate surface area is 184 Å². The average Bonchev–Trinajstić information content (AvgIpc) is 3.32. The number of rotatable bonds is 6. The molecule has 2 fully saturated rings. The molecule has 32 heavy (non-hydrogen) atoms. The molecule has 2 aliphatic rings. The number of halogens is 3. The highest BCUT2D eigenvalue weighted by Crippen LogP contribution is 2.27. The van der Waals surface area contributed by atoms with E-state index in [9.17, 15) is 37.6 Å². The van der Waals surface area contributed by atoms with Gasteiger partial charge in [0.1, 0.15) is 18.1 Å². The first-order valence-corrected chi connectivity index (χ1v) is 10.4. The summed E-state index contributed by atoms with van der Waals surface area (Å²) in [6, 6.07) is -1.49. The summed E-state index contributed by atoms with van der Waals surface area (Å²) < 4.78 is 38.3. The number of hydrogen-bond acceptors (Lipinski definition) is 5. The Morgan fingerprint density at radius 1 is 1.22 bits per heavy atom. The Morgan fingerprint density at radius 3 is 2.38 bits per heavy atom. The van der Waals surface area contributed by atoms with E-state index in [1.807, 2.05) is 6.07 Å². The van der Waals surface area contributed by atoms with Crippen LogP contribution >= 0.6 is 0 Å². The molecular weight excluding hydrogens is 431 g/mol. The van der Waals surface area contributed by atoms with Gasteiger partial charge in [-0.1, -0.05) is 20.8 Å². The number of carbonyl (C=O) groups excluding carboxylic acids is 4. The highest BCUT2D eigenvalue weighted by molar-refractivity contribution is 5.94. The number of likely N-dealkylation sites (tertiary alicyclic amines) is 1. The van der Waals surface area contributed by atoms with Crippen LogP contribution < -0.4 is 16.0 Å². The van der Waals surface area contributed by atoms with Crippen molar-refractivity contribution >= 4 is 23.6 Å². The topological polar surface area (TPSA) is 131 Å². The standard InChI is InChI=1S/C20H28F3N5O4/c1-19(2,3)14(27-18(32)20(21,22)23)17(31)28-8-4-5-13(28)16(30)26-12(10-24)9-11-6-7-25-15(11)29/h11-14H,4-9H2,1-3H3,(H,25,29)(H,26,30)(H,27,32)/t11-,12-,13-,14+/m0/s1. The first-order valence-electron chi connectivity index (χ1n) is 10.4. The van der Waals surface area contributed by atoms with E-state index in [-0.39, 0.29) is 25.3 Å². The summed E-state index contributed by atoms with van der Waals surface area (Å²) in [6.45, 7) is 5.16. The molecule has 0 radical (unpaired) electrons. The van der Waals surface area contributed by atoms with Crippen LogP contribution in [0, 0.1) is 22.7 Å². The molecule has 12 heteroatoms. The second-order valence-corrected chi connectivity index (χ2v) is 9.16. The number of nitrogens with zero attached hydrogens (tertiary/aromatic N) is 2. The number of carbonyl (C=O) groups is 4. The third-order valence-electron chi connectivity index (χ3n) is 5.64. The van der Waals surface area contributed by atoms with E-state index < -0.39 is 53.4 Å². The second-order valence-electron chi connectivity index (χ2n) is 9.16.